The normalized spacial score (nSPS) is 12.2. The number of carbonyl (C=O) groups excluding carboxylic acids is 2. The zero-order chi connectivity index (χ0) is 24.5. The maximum absolute atomic E-state index is 12.6. The molecule has 0 aliphatic carbocycles. The van der Waals surface area contributed by atoms with E-state index >= 15 is 0 Å². The van der Waals surface area contributed by atoms with Gasteiger partial charge >= 0.3 is 5.97 Å². The molecule has 2 aromatic carbocycles. The molecule has 0 radical (unpaired) electrons. The number of hydrogen-bond donors (Lipinski definition) is 1. The average Bonchev–Trinajstić information content (AvgIpc) is 3.49. The Morgan fingerprint density at radius 3 is 2.77 bits per heavy atom. The van der Waals surface area contributed by atoms with Crippen LogP contribution in [0.25, 0.3) is 4.96 Å². The van der Waals surface area contributed by atoms with Gasteiger partial charge in [-0.15, -0.1) is 0 Å². The first kappa shape index (κ1) is 22.5. The standard InChI is InChI=1S/C24H20N4O6S/c1-13(2)22-27-28-20(29)10-17(26-24(28)35-22)11-32-23(31)15-4-3-5-16(8-15)25-21(30)14-6-7-18-19(9-14)34-12-33-18/h3-10,13H,11-12H2,1-2H3,(H,25,30). The summed E-state index contributed by atoms with van der Waals surface area (Å²) in [5, 5.41) is 7.82. The predicted molar refractivity (Wildman–Crippen MR) is 127 cm³/mol. The van der Waals surface area contributed by atoms with Gasteiger partial charge in [-0.1, -0.05) is 31.3 Å². The highest BCUT2D eigenvalue weighted by molar-refractivity contribution is 7.16. The van der Waals surface area contributed by atoms with Crippen molar-refractivity contribution in [3.63, 3.8) is 0 Å². The highest BCUT2D eigenvalue weighted by Crippen LogP contribution is 2.32. The molecule has 5 rings (SSSR count). The largest absolute Gasteiger partial charge is 0.456 e. The van der Waals surface area contributed by atoms with Gasteiger partial charge in [0.25, 0.3) is 11.5 Å². The molecule has 1 aliphatic rings. The summed E-state index contributed by atoms with van der Waals surface area (Å²) < 4.78 is 17.2. The number of esters is 1. The van der Waals surface area contributed by atoms with Crippen LogP contribution in [0.5, 0.6) is 11.5 Å². The van der Waals surface area contributed by atoms with E-state index in [1.165, 1.54) is 28.0 Å². The third-order valence-electron chi connectivity index (χ3n) is 5.15. The van der Waals surface area contributed by atoms with Crippen molar-refractivity contribution in [1.29, 1.82) is 0 Å². The minimum atomic E-state index is -0.613. The molecule has 0 bridgehead atoms. The Hall–Kier alpha value is -4.25. The molecule has 1 aliphatic heterocycles. The Labute approximate surface area is 203 Å². The zero-order valence-electron chi connectivity index (χ0n) is 18.8. The van der Waals surface area contributed by atoms with E-state index in [9.17, 15) is 14.4 Å². The van der Waals surface area contributed by atoms with Crippen LogP contribution in [0.4, 0.5) is 5.69 Å². The first-order valence-electron chi connectivity index (χ1n) is 10.8. The summed E-state index contributed by atoms with van der Waals surface area (Å²) in [5.41, 5.74) is 1.04. The lowest BCUT2D eigenvalue weighted by molar-refractivity contribution is 0.0467. The number of ether oxygens (including phenoxy) is 3. The topological polar surface area (TPSA) is 121 Å². The summed E-state index contributed by atoms with van der Waals surface area (Å²) in [6.45, 7) is 3.91. The van der Waals surface area contributed by atoms with Crippen LogP contribution in [0.3, 0.4) is 0 Å². The molecule has 0 atom stereocenters. The average molecular weight is 493 g/mol. The monoisotopic (exact) mass is 492 g/mol. The van der Waals surface area contributed by atoms with Crippen LogP contribution in [0.2, 0.25) is 0 Å². The minimum Gasteiger partial charge on any atom is -0.456 e. The third-order valence-corrected chi connectivity index (χ3v) is 6.36. The number of anilines is 1. The highest BCUT2D eigenvalue weighted by atomic mass is 32.1. The molecule has 4 aromatic rings. The second-order valence-corrected chi connectivity index (χ2v) is 9.04. The lowest BCUT2D eigenvalue weighted by Crippen LogP contribution is -2.17. The van der Waals surface area contributed by atoms with Gasteiger partial charge in [0.1, 0.15) is 11.6 Å². The molecule has 3 heterocycles. The van der Waals surface area contributed by atoms with E-state index in [4.69, 9.17) is 14.2 Å². The van der Waals surface area contributed by atoms with Crippen molar-refractivity contribution in [2.45, 2.75) is 26.4 Å². The number of benzene rings is 2. The van der Waals surface area contributed by atoms with Crippen LogP contribution in [0, 0.1) is 0 Å². The van der Waals surface area contributed by atoms with Crippen molar-refractivity contribution in [2.75, 3.05) is 12.1 Å². The van der Waals surface area contributed by atoms with E-state index in [1.807, 2.05) is 13.8 Å². The van der Waals surface area contributed by atoms with Gasteiger partial charge in [-0.3, -0.25) is 9.59 Å². The fraction of sp³-hybridized carbons (Fsp3) is 0.208. The molecule has 11 heteroatoms. The summed E-state index contributed by atoms with van der Waals surface area (Å²) in [6.07, 6.45) is 0. The molecule has 178 valence electrons. The Balaban J connectivity index is 1.26. The highest BCUT2D eigenvalue weighted by Gasteiger charge is 2.17. The molecule has 1 N–H and O–H groups in total. The molecule has 0 saturated heterocycles. The van der Waals surface area contributed by atoms with Gasteiger partial charge in [0.2, 0.25) is 11.8 Å². The number of amides is 1. The number of hydrogen-bond acceptors (Lipinski definition) is 9. The van der Waals surface area contributed by atoms with E-state index in [-0.39, 0.29) is 36.3 Å². The quantitative estimate of drug-likeness (QED) is 0.405. The molecule has 1 amide bonds. The molecule has 0 spiro atoms. The fourth-order valence-corrected chi connectivity index (χ4v) is 4.29. The molecular formula is C24H20N4O6S. The van der Waals surface area contributed by atoms with Crippen molar-refractivity contribution >= 4 is 33.9 Å². The molecule has 35 heavy (non-hydrogen) atoms. The Kier molecular flexibility index (Phi) is 5.91. The maximum atomic E-state index is 12.6. The third kappa shape index (κ3) is 4.71. The number of nitrogens with one attached hydrogen (secondary N) is 1. The van der Waals surface area contributed by atoms with Crippen molar-refractivity contribution in [3.8, 4) is 11.5 Å². The van der Waals surface area contributed by atoms with Crippen LogP contribution in [-0.4, -0.2) is 33.3 Å². The van der Waals surface area contributed by atoms with E-state index in [2.05, 4.69) is 15.4 Å². The van der Waals surface area contributed by atoms with Gasteiger partial charge in [-0.05, 0) is 36.4 Å². The van der Waals surface area contributed by atoms with Gasteiger partial charge in [0, 0.05) is 23.2 Å². The van der Waals surface area contributed by atoms with E-state index in [1.54, 1.807) is 36.4 Å². The zero-order valence-corrected chi connectivity index (χ0v) is 19.6. The van der Waals surface area contributed by atoms with Crippen molar-refractivity contribution in [2.24, 2.45) is 0 Å². The maximum Gasteiger partial charge on any atom is 0.338 e. The Morgan fingerprint density at radius 1 is 1.11 bits per heavy atom. The molecule has 0 saturated carbocycles. The van der Waals surface area contributed by atoms with Gasteiger partial charge < -0.3 is 19.5 Å². The van der Waals surface area contributed by atoms with Crippen LogP contribution in [0.1, 0.15) is 51.2 Å². The lowest BCUT2D eigenvalue weighted by atomic mass is 10.1. The van der Waals surface area contributed by atoms with E-state index in [0.29, 0.717) is 33.4 Å². The van der Waals surface area contributed by atoms with Gasteiger partial charge in [-0.2, -0.15) is 9.61 Å². The summed E-state index contributed by atoms with van der Waals surface area (Å²) in [6, 6.07) is 12.6. The summed E-state index contributed by atoms with van der Waals surface area (Å²) >= 11 is 1.32. The smallest absolute Gasteiger partial charge is 0.338 e. The second-order valence-electron chi connectivity index (χ2n) is 8.05. The minimum absolute atomic E-state index is 0.117. The summed E-state index contributed by atoms with van der Waals surface area (Å²) in [4.78, 5) is 42.4. The van der Waals surface area contributed by atoms with Crippen LogP contribution >= 0.6 is 11.3 Å². The lowest BCUT2D eigenvalue weighted by Gasteiger charge is -2.08. The van der Waals surface area contributed by atoms with Crippen LogP contribution in [0.15, 0.2) is 53.3 Å². The van der Waals surface area contributed by atoms with Crippen LogP contribution < -0.4 is 20.3 Å². The molecule has 2 aromatic heterocycles. The molecular weight excluding hydrogens is 472 g/mol. The Morgan fingerprint density at radius 2 is 1.94 bits per heavy atom. The number of rotatable bonds is 6. The first-order chi connectivity index (χ1) is 16.9. The fourth-order valence-electron chi connectivity index (χ4n) is 3.37. The number of carbonyl (C=O) groups is 2. The van der Waals surface area contributed by atoms with Gasteiger partial charge in [0.05, 0.1) is 11.3 Å². The van der Waals surface area contributed by atoms with E-state index < -0.39 is 5.97 Å². The SMILES string of the molecule is CC(C)c1nn2c(=O)cc(COC(=O)c3cccc(NC(=O)c4ccc5c(c4)OCO5)c3)nc2s1. The number of fused-ring (bicyclic) bond motifs is 2. The molecule has 10 nitrogen and oxygen atoms in total. The van der Waals surface area contributed by atoms with Crippen molar-refractivity contribution < 1.29 is 23.8 Å². The summed E-state index contributed by atoms with van der Waals surface area (Å²) in [5.74, 6) is 0.272. The van der Waals surface area contributed by atoms with Gasteiger partial charge in [-0.25, -0.2) is 9.78 Å². The van der Waals surface area contributed by atoms with Crippen LogP contribution in [-0.2, 0) is 11.3 Å². The first-order valence-corrected chi connectivity index (χ1v) is 11.6. The summed E-state index contributed by atoms with van der Waals surface area (Å²) in [7, 11) is 0. The number of nitrogens with zero attached hydrogens (tertiary/aromatic N) is 3. The van der Waals surface area contributed by atoms with Crippen molar-refractivity contribution in [3.05, 3.63) is 80.7 Å². The molecule has 0 unspecified atom stereocenters. The Bertz CT molecular complexity index is 1510. The van der Waals surface area contributed by atoms with Crippen molar-refractivity contribution in [1.82, 2.24) is 14.6 Å². The predicted octanol–water partition coefficient (Wildman–Crippen LogP) is 3.61. The second kappa shape index (κ2) is 9.18. The number of aromatic nitrogens is 3. The van der Waals surface area contributed by atoms with Gasteiger partial charge in [0.15, 0.2) is 11.5 Å². The molecule has 0 fully saturated rings. The van der Waals surface area contributed by atoms with E-state index in [0.717, 1.165) is 5.01 Å².